The second kappa shape index (κ2) is 6.50. The minimum Gasteiger partial charge on any atom is -0.360 e. The number of anilines is 1. The molecular weight excluding hydrogens is 354 g/mol. The average molecular weight is 370 g/mol. The minimum atomic E-state index is -0.317. The lowest BCUT2D eigenvalue weighted by Crippen LogP contribution is -2.32. The summed E-state index contributed by atoms with van der Waals surface area (Å²) in [5, 5.41) is 6.18. The number of amides is 1. The highest BCUT2D eigenvalue weighted by molar-refractivity contribution is 7.09. The van der Waals surface area contributed by atoms with Gasteiger partial charge in [0.2, 0.25) is 0 Å². The standard InChI is InChI=1S/C19H16ClN3OS/c1-12-15(20)7-2-8-16(12)22-18-17-14(6-3-9-21-17)19(24)23(18)11-13-5-4-10-25-13/h2-10,18,22H,11H2,1H3/t18-/m0/s1. The zero-order chi connectivity index (χ0) is 17.4. The van der Waals surface area contributed by atoms with E-state index in [0.717, 1.165) is 21.8 Å². The summed E-state index contributed by atoms with van der Waals surface area (Å²) in [5.41, 5.74) is 3.26. The molecular formula is C19H16ClN3OS. The highest BCUT2D eigenvalue weighted by Gasteiger charge is 2.38. The lowest BCUT2D eigenvalue weighted by Gasteiger charge is -2.27. The van der Waals surface area contributed by atoms with Crippen molar-refractivity contribution in [3.63, 3.8) is 0 Å². The second-order valence-electron chi connectivity index (χ2n) is 5.91. The van der Waals surface area contributed by atoms with Crippen LogP contribution in [-0.4, -0.2) is 15.8 Å². The molecule has 1 atom stereocenters. The quantitative estimate of drug-likeness (QED) is 0.713. The van der Waals surface area contributed by atoms with E-state index in [0.29, 0.717) is 17.1 Å². The normalized spacial score (nSPS) is 16.2. The van der Waals surface area contributed by atoms with Gasteiger partial charge in [-0.15, -0.1) is 11.3 Å². The SMILES string of the molecule is Cc1c(Cl)cccc1N[C@@H]1c2ncccc2C(=O)N1Cc1cccs1. The Labute approximate surface area is 155 Å². The number of aromatic nitrogens is 1. The van der Waals surface area contributed by atoms with Crippen LogP contribution in [0.25, 0.3) is 0 Å². The van der Waals surface area contributed by atoms with E-state index in [1.807, 2.05) is 53.6 Å². The zero-order valence-electron chi connectivity index (χ0n) is 13.6. The molecule has 25 heavy (non-hydrogen) atoms. The fourth-order valence-electron chi connectivity index (χ4n) is 3.03. The number of hydrogen-bond donors (Lipinski definition) is 1. The average Bonchev–Trinajstić information content (AvgIpc) is 3.22. The third-order valence-corrected chi connectivity index (χ3v) is 5.64. The maximum atomic E-state index is 12.9. The summed E-state index contributed by atoms with van der Waals surface area (Å²) in [6, 6.07) is 13.4. The van der Waals surface area contributed by atoms with Crippen LogP contribution in [0.4, 0.5) is 5.69 Å². The molecule has 4 nitrogen and oxygen atoms in total. The number of halogens is 1. The van der Waals surface area contributed by atoms with Crippen LogP contribution in [0.5, 0.6) is 0 Å². The molecule has 1 aliphatic rings. The molecule has 0 unspecified atom stereocenters. The number of carbonyl (C=O) groups excluding carboxylic acids is 1. The van der Waals surface area contributed by atoms with Crippen LogP contribution in [0.1, 0.15) is 32.7 Å². The Bertz CT molecular complexity index is 926. The molecule has 0 saturated heterocycles. The largest absolute Gasteiger partial charge is 0.360 e. The number of nitrogens with zero attached hydrogens (tertiary/aromatic N) is 2. The molecule has 0 bridgehead atoms. The molecule has 3 aromatic rings. The molecule has 3 heterocycles. The Morgan fingerprint density at radius 1 is 1.24 bits per heavy atom. The number of thiophene rings is 1. The first kappa shape index (κ1) is 16.1. The molecule has 0 saturated carbocycles. The Hall–Kier alpha value is -2.37. The molecule has 1 N–H and O–H groups in total. The van der Waals surface area contributed by atoms with Crippen molar-refractivity contribution < 1.29 is 4.79 Å². The van der Waals surface area contributed by atoms with Crippen molar-refractivity contribution in [3.05, 3.63) is 80.8 Å². The van der Waals surface area contributed by atoms with Crippen LogP contribution in [0.2, 0.25) is 5.02 Å². The van der Waals surface area contributed by atoms with Crippen molar-refractivity contribution in [2.75, 3.05) is 5.32 Å². The van der Waals surface area contributed by atoms with Gasteiger partial charge in [0.1, 0.15) is 6.17 Å². The number of rotatable bonds is 4. The Morgan fingerprint density at radius 2 is 2.12 bits per heavy atom. The summed E-state index contributed by atoms with van der Waals surface area (Å²) in [6.07, 6.45) is 1.41. The fraction of sp³-hybridized carbons (Fsp3) is 0.158. The van der Waals surface area contributed by atoms with Crippen molar-refractivity contribution in [2.45, 2.75) is 19.6 Å². The number of carbonyl (C=O) groups is 1. The van der Waals surface area contributed by atoms with Gasteiger partial charge in [0, 0.05) is 21.8 Å². The molecule has 1 amide bonds. The Morgan fingerprint density at radius 3 is 2.92 bits per heavy atom. The Kier molecular flexibility index (Phi) is 4.19. The summed E-state index contributed by atoms with van der Waals surface area (Å²) in [6.45, 7) is 2.51. The smallest absolute Gasteiger partial charge is 0.258 e. The molecule has 126 valence electrons. The fourth-order valence-corrected chi connectivity index (χ4v) is 3.90. The third-order valence-electron chi connectivity index (χ3n) is 4.37. The first-order chi connectivity index (χ1) is 12.1. The lowest BCUT2D eigenvalue weighted by atomic mass is 10.1. The maximum absolute atomic E-state index is 12.9. The lowest BCUT2D eigenvalue weighted by molar-refractivity contribution is 0.0729. The van der Waals surface area contributed by atoms with Gasteiger partial charge in [0.05, 0.1) is 17.8 Å². The monoisotopic (exact) mass is 369 g/mol. The van der Waals surface area contributed by atoms with E-state index in [4.69, 9.17) is 11.6 Å². The van der Waals surface area contributed by atoms with E-state index in [1.165, 1.54) is 0 Å². The van der Waals surface area contributed by atoms with E-state index in [1.54, 1.807) is 23.6 Å². The molecule has 0 spiro atoms. The van der Waals surface area contributed by atoms with Gasteiger partial charge in [-0.05, 0) is 48.2 Å². The van der Waals surface area contributed by atoms with Gasteiger partial charge in [-0.1, -0.05) is 23.7 Å². The molecule has 0 aliphatic carbocycles. The van der Waals surface area contributed by atoms with Crippen molar-refractivity contribution in [3.8, 4) is 0 Å². The van der Waals surface area contributed by atoms with Crippen molar-refractivity contribution >= 4 is 34.5 Å². The van der Waals surface area contributed by atoms with E-state index < -0.39 is 0 Å². The predicted octanol–water partition coefficient (Wildman–Crippen LogP) is 4.87. The van der Waals surface area contributed by atoms with Gasteiger partial charge < -0.3 is 10.2 Å². The van der Waals surface area contributed by atoms with E-state index in [-0.39, 0.29) is 12.1 Å². The number of pyridine rings is 1. The minimum absolute atomic E-state index is 0.00585. The number of benzene rings is 1. The van der Waals surface area contributed by atoms with Crippen LogP contribution in [0, 0.1) is 6.92 Å². The number of hydrogen-bond acceptors (Lipinski definition) is 4. The van der Waals surface area contributed by atoms with Crippen LogP contribution in [0.3, 0.4) is 0 Å². The van der Waals surface area contributed by atoms with Gasteiger partial charge in [0.15, 0.2) is 0 Å². The van der Waals surface area contributed by atoms with Crippen LogP contribution >= 0.6 is 22.9 Å². The molecule has 4 rings (SSSR count). The second-order valence-corrected chi connectivity index (χ2v) is 7.35. The first-order valence-corrected chi connectivity index (χ1v) is 9.21. The molecule has 0 fully saturated rings. The van der Waals surface area contributed by atoms with E-state index >= 15 is 0 Å². The summed E-state index contributed by atoms with van der Waals surface area (Å²) in [4.78, 5) is 20.3. The highest BCUT2D eigenvalue weighted by Crippen LogP contribution is 2.36. The topological polar surface area (TPSA) is 45.2 Å². The van der Waals surface area contributed by atoms with E-state index in [2.05, 4.69) is 10.3 Å². The number of fused-ring (bicyclic) bond motifs is 1. The van der Waals surface area contributed by atoms with Crippen molar-refractivity contribution in [2.24, 2.45) is 0 Å². The summed E-state index contributed by atoms with van der Waals surface area (Å²) in [5.74, 6) is -0.00585. The molecule has 2 aromatic heterocycles. The van der Waals surface area contributed by atoms with Crippen LogP contribution in [0.15, 0.2) is 54.0 Å². The van der Waals surface area contributed by atoms with Crippen LogP contribution in [-0.2, 0) is 6.54 Å². The third kappa shape index (κ3) is 2.90. The van der Waals surface area contributed by atoms with Crippen molar-refractivity contribution in [1.82, 2.24) is 9.88 Å². The predicted molar refractivity (Wildman–Crippen MR) is 101 cm³/mol. The molecule has 6 heteroatoms. The first-order valence-electron chi connectivity index (χ1n) is 7.95. The van der Waals surface area contributed by atoms with Gasteiger partial charge in [-0.2, -0.15) is 0 Å². The molecule has 1 aliphatic heterocycles. The highest BCUT2D eigenvalue weighted by atomic mass is 35.5. The zero-order valence-corrected chi connectivity index (χ0v) is 15.1. The molecule has 1 aromatic carbocycles. The maximum Gasteiger partial charge on any atom is 0.258 e. The Balaban J connectivity index is 1.73. The van der Waals surface area contributed by atoms with Gasteiger partial charge in [-0.25, -0.2) is 0 Å². The van der Waals surface area contributed by atoms with Crippen LogP contribution < -0.4 is 5.32 Å². The van der Waals surface area contributed by atoms with Gasteiger partial charge in [0.25, 0.3) is 5.91 Å². The van der Waals surface area contributed by atoms with E-state index in [9.17, 15) is 4.79 Å². The summed E-state index contributed by atoms with van der Waals surface area (Å²) < 4.78 is 0. The summed E-state index contributed by atoms with van der Waals surface area (Å²) in [7, 11) is 0. The van der Waals surface area contributed by atoms with Crippen molar-refractivity contribution in [1.29, 1.82) is 0 Å². The van der Waals surface area contributed by atoms with Gasteiger partial charge >= 0.3 is 0 Å². The van der Waals surface area contributed by atoms with Gasteiger partial charge in [-0.3, -0.25) is 9.78 Å². The molecule has 0 radical (unpaired) electrons. The summed E-state index contributed by atoms with van der Waals surface area (Å²) >= 11 is 7.89. The number of nitrogens with one attached hydrogen (secondary N) is 1.